The van der Waals surface area contributed by atoms with E-state index in [1.807, 2.05) is 0 Å². The fourth-order valence-electron chi connectivity index (χ4n) is 1.26. The minimum absolute atomic E-state index is 0.344. The summed E-state index contributed by atoms with van der Waals surface area (Å²) in [6.45, 7) is 1.05. The quantitative estimate of drug-likeness (QED) is 0.630. The Morgan fingerprint density at radius 2 is 1.92 bits per heavy atom. The smallest absolute Gasteiger partial charge is 0.147 e. The van der Waals surface area contributed by atoms with Gasteiger partial charge in [0.2, 0.25) is 0 Å². The van der Waals surface area contributed by atoms with Crippen LogP contribution in [0.15, 0.2) is 0 Å². The standard InChI is InChI=1S/C9H19NO2S/c1-13(11,12)8-4-2-3-7-10-9-5-6-9/h9-10H,2-8H2,1H3. The van der Waals surface area contributed by atoms with Crippen LogP contribution in [-0.4, -0.2) is 33.0 Å². The van der Waals surface area contributed by atoms with Gasteiger partial charge in [-0.2, -0.15) is 0 Å². The molecule has 0 aliphatic heterocycles. The summed E-state index contributed by atoms with van der Waals surface area (Å²) in [5.74, 6) is 0.344. The van der Waals surface area contributed by atoms with E-state index in [2.05, 4.69) is 5.32 Å². The van der Waals surface area contributed by atoms with Crippen LogP contribution in [0.3, 0.4) is 0 Å². The molecule has 0 aromatic rings. The maximum Gasteiger partial charge on any atom is 0.147 e. The molecule has 13 heavy (non-hydrogen) atoms. The van der Waals surface area contributed by atoms with E-state index in [1.54, 1.807) is 0 Å². The molecule has 1 aliphatic carbocycles. The first-order chi connectivity index (χ1) is 6.08. The first-order valence-corrected chi connectivity index (χ1v) is 7.05. The molecule has 0 amide bonds. The summed E-state index contributed by atoms with van der Waals surface area (Å²) in [4.78, 5) is 0. The molecule has 4 heteroatoms. The minimum Gasteiger partial charge on any atom is -0.314 e. The van der Waals surface area contributed by atoms with Crippen molar-refractivity contribution in [3.8, 4) is 0 Å². The number of hydrogen-bond donors (Lipinski definition) is 1. The molecule has 3 nitrogen and oxygen atoms in total. The third-order valence-corrected chi connectivity index (χ3v) is 3.23. The molecule has 0 aromatic carbocycles. The Morgan fingerprint density at radius 3 is 2.46 bits per heavy atom. The summed E-state index contributed by atoms with van der Waals surface area (Å²) < 4.78 is 21.5. The summed E-state index contributed by atoms with van der Waals surface area (Å²) in [5.41, 5.74) is 0. The van der Waals surface area contributed by atoms with Gasteiger partial charge in [0.25, 0.3) is 0 Å². The number of hydrogen-bond acceptors (Lipinski definition) is 3. The van der Waals surface area contributed by atoms with Gasteiger partial charge in [-0.05, 0) is 32.2 Å². The Labute approximate surface area is 80.8 Å². The van der Waals surface area contributed by atoms with Crippen molar-refractivity contribution in [3.05, 3.63) is 0 Å². The largest absolute Gasteiger partial charge is 0.314 e. The van der Waals surface area contributed by atoms with Crippen molar-refractivity contribution in [2.75, 3.05) is 18.6 Å². The van der Waals surface area contributed by atoms with Crippen molar-refractivity contribution in [2.24, 2.45) is 0 Å². The molecule has 0 aromatic heterocycles. The van der Waals surface area contributed by atoms with E-state index >= 15 is 0 Å². The van der Waals surface area contributed by atoms with Gasteiger partial charge in [-0.25, -0.2) is 8.42 Å². The zero-order valence-electron chi connectivity index (χ0n) is 8.25. The van der Waals surface area contributed by atoms with Crippen LogP contribution < -0.4 is 5.32 Å². The van der Waals surface area contributed by atoms with Crippen molar-refractivity contribution in [3.63, 3.8) is 0 Å². The van der Waals surface area contributed by atoms with Gasteiger partial charge in [0.1, 0.15) is 9.84 Å². The highest BCUT2D eigenvalue weighted by atomic mass is 32.2. The SMILES string of the molecule is CS(=O)(=O)CCCCCNC1CC1. The van der Waals surface area contributed by atoms with Gasteiger partial charge in [-0.15, -0.1) is 0 Å². The second kappa shape index (κ2) is 4.96. The van der Waals surface area contributed by atoms with E-state index in [0.717, 1.165) is 31.8 Å². The van der Waals surface area contributed by atoms with Crippen LogP contribution in [0, 0.1) is 0 Å². The van der Waals surface area contributed by atoms with Gasteiger partial charge in [0, 0.05) is 18.1 Å². The lowest BCUT2D eigenvalue weighted by Crippen LogP contribution is -2.17. The van der Waals surface area contributed by atoms with Crippen LogP contribution in [0.5, 0.6) is 0 Å². The average molecular weight is 205 g/mol. The Morgan fingerprint density at radius 1 is 1.23 bits per heavy atom. The lowest BCUT2D eigenvalue weighted by Gasteiger charge is -2.01. The molecule has 1 rings (SSSR count). The Bertz CT molecular complexity index is 232. The molecule has 0 saturated heterocycles. The lowest BCUT2D eigenvalue weighted by atomic mass is 10.2. The Kier molecular flexibility index (Phi) is 4.19. The zero-order chi connectivity index (χ0) is 9.73. The second-order valence-electron chi connectivity index (χ2n) is 3.92. The number of unbranched alkanes of at least 4 members (excludes halogenated alkanes) is 2. The van der Waals surface area contributed by atoms with Gasteiger partial charge in [-0.1, -0.05) is 6.42 Å². The summed E-state index contributed by atoms with van der Waals surface area (Å²) in [7, 11) is -2.74. The summed E-state index contributed by atoms with van der Waals surface area (Å²) >= 11 is 0. The van der Waals surface area contributed by atoms with Crippen molar-refractivity contribution < 1.29 is 8.42 Å². The number of rotatable bonds is 7. The Balaban J connectivity index is 1.83. The first kappa shape index (κ1) is 11.0. The van der Waals surface area contributed by atoms with Crippen molar-refractivity contribution in [2.45, 2.75) is 38.1 Å². The van der Waals surface area contributed by atoms with Crippen molar-refractivity contribution >= 4 is 9.84 Å². The number of nitrogens with one attached hydrogen (secondary N) is 1. The topological polar surface area (TPSA) is 46.2 Å². The molecular weight excluding hydrogens is 186 g/mol. The molecule has 0 spiro atoms. The van der Waals surface area contributed by atoms with E-state index in [9.17, 15) is 8.42 Å². The van der Waals surface area contributed by atoms with Gasteiger partial charge >= 0.3 is 0 Å². The predicted octanol–water partition coefficient (Wildman–Crippen LogP) is 0.953. The molecule has 1 saturated carbocycles. The predicted molar refractivity (Wildman–Crippen MR) is 54.6 cm³/mol. The molecule has 0 heterocycles. The molecule has 1 N–H and O–H groups in total. The van der Waals surface area contributed by atoms with Crippen LogP contribution in [0.1, 0.15) is 32.1 Å². The monoisotopic (exact) mass is 205 g/mol. The molecule has 0 atom stereocenters. The second-order valence-corrected chi connectivity index (χ2v) is 6.18. The van der Waals surface area contributed by atoms with Gasteiger partial charge < -0.3 is 5.32 Å². The molecule has 1 fully saturated rings. The average Bonchev–Trinajstić information content (AvgIpc) is 2.77. The maximum atomic E-state index is 10.8. The maximum absolute atomic E-state index is 10.8. The van der Waals surface area contributed by atoms with E-state index in [0.29, 0.717) is 5.75 Å². The number of sulfone groups is 1. The van der Waals surface area contributed by atoms with Gasteiger partial charge in [-0.3, -0.25) is 0 Å². The van der Waals surface area contributed by atoms with Crippen LogP contribution in [0.2, 0.25) is 0 Å². The van der Waals surface area contributed by atoms with Crippen molar-refractivity contribution in [1.29, 1.82) is 0 Å². The normalized spacial score (nSPS) is 17.6. The molecule has 0 radical (unpaired) electrons. The van der Waals surface area contributed by atoms with E-state index in [1.165, 1.54) is 19.1 Å². The van der Waals surface area contributed by atoms with E-state index < -0.39 is 9.84 Å². The first-order valence-electron chi connectivity index (χ1n) is 4.99. The van der Waals surface area contributed by atoms with Crippen molar-refractivity contribution in [1.82, 2.24) is 5.32 Å². The van der Waals surface area contributed by atoms with E-state index in [-0.39, 0.29) is 0 Å². The third kappa shape index (κ3) is 7.02. The fraction of sp³-hybridized carbons (Fsp3) is 1.00. The van der Waals surface area contributed by atoms with Gasteiger partial charge in [0.05, 0.1) is 0 Å². The van der Waals surface area contributed by atoms with Crippen LogP contribution in [-0.2, 0) is 9.84 Å². The molecule has 1 aliphatic rings. The van der Waals surface area contributed by atoms with E-state index in [4.69, 9.17) is 0 Å². The summed E-state index contributed by atoms with van der Waals surface area (Å²) in [6, 6.07) is 0.773. The highest BCUT2D eigenvalue weighted by Gasteiger charge is 2.19. The summed E-state index contributed by atoms with van der Waals surface area (Å²) in [5, 5.41) is 3.40. The highest BCUT2D eigenvalue weighted by Crippen LogP contribution is 2.18. The summed E-state index contributed by atoms with van der Waals surface area (Å²) in [6.07, 6.45) is 6.88. The minimum atomic E-state index is -2.74. The van der Waals surface area contributed by atoms with Crippen LogP contribution in [0.25, 0.3) is 0 Å². The molecule has 78 valence electrons. The molecule has 0 unspecified atom stereocenters. The van der Waals surface area contributed by atoms with Crippen LogP contribution in [0.4, 0.5) is 0 Å². The fourth-order valence-corrected chi connectivity index (χ4v) is 1.99. The lowest BCUT2D eigenvalue weighted by molar-refractivity contribution is 0.587. The molecular formula is C9H19NO2S. The zero-order valence-corrected chi connectivity index (χ0v) is 9.07. The molecule has 0 bridgehead atoms. The van der Waals surface area contributed by atoms with Crippen LogP contribution >= 0.6 is 0 Å². The highest BCUT2D eigenvalue weighted by molar-refractivity contribution is 7.90. The third-order valence-electron chi connectivity index (χ3n) is 2.20. The Hall–Kier alpha value is -0.0900. The van der Waals surface area contributed by atoms with Gasteiger partial charge in [0.15, 0.2) is 0 Å².